The van der Waals surface area contributed by atoms with Gasteiger partial charge in [-0.05, 0) is 31.0 Å². The van der Waals surface area contributed by atoms with Gasteiger partial charge < -0.3 is 10.5 Å². The molecule has 1 unspecified atom stereocenters. The predicted molar refractivity (Wildman–Crippen MR) is 102 cm³/mol. The Kier molecular flexibility index (Phi) is 6.47. The number of benzene rings is 2. The molecule has 0 radical (unpaired) electrons. The molecule has 1 aliphatic heterocycles. The van der Waals surface area contributed by atoms with Crippen molar-refractivity contribution in [3.05, 3.63) is 65.7 Å². The van der Waals surface area contributed by atoms with Gasteiger partial charge in [0.05, 0.1) is 5.92 Å². The normalized spacial score (nSPS) is 16.7. The molecule has 1 aliphatic rings. The van der Waals surface area contributed by atoms with Gasteiger partial charge in [0, 0.05) is 18.7 Å². The van der Waals surface area contributed by atoms with Crippen molar-refractivity contribution in [1.82, 2.24) is 4.31 Å². The van der Waals surface area contributed by atoms with Crippen LogP contribution in [0.1, 0.15) is 24.5 Å². The largest absolute Gasteiger partial charge is 0.447 e. The Balaban J connectivity index is 1.67. The summed E-state index contributed by atoms with van der Waals surface area (Å²) in [4.78, 5) is 23.5. The van der Waals surface area contributed by atoms with E-state index in [4.69, 9.17) is 10.5 Å². The Morgan fingerprint density at radius 1 is 1.07 bits per heavy atom. The Morgan fingerprint density at radius 2 is 1.70 bits per heavy atom. The first-order valence-corrected chi connectivity index (χ1v) is 10.6. The van der Waals surface area contributed by atoms with E-state index in [1.54, 1.807) is 30.3 Å². The van der Waals surface area contributed by atoms with Crippen LogP contribution in [0, 0.1) is 17.6 Å². The average molecular weight is 438 g/mol. The maximum atomic E-state index is 13.9. The monoisotopic (exact) mass is 438 g/mol. The summed E-state index contributed by atoms with van der Waals surface area (Å²) in [5.41, 5.74) is 5.78. The van der Waals surface area contributed by atoms with Crippen LogP contribution >= 0.6 is 0 Å². The molecule has 0 aromatic heterocycles. The van der Waals surface area contributed by atoms with Gasteiger partial charge in [-0.3, -0.25) is 9.59 Å². The number of hydrogen-bond acceptors (Lipinski definition) is 5. The van der Waals surface area contributed by atoms with Crippen molar-refractivity contribution in [3.8, 4) is 0 Å². The topological polar surface area (TPSA) is 107 Å². The maximum absolute atomic E-state index is 13.9. The quantitative estimate of drug-likeness (QED) is 0.696. The highest BCUT2D eigenvalue weighted by Gasteiger charge is 2.35. The molecule has 0 saturated carbocycles. The van der Waals surface area contributed by atoms with E-state index in [-0.39, 0.29) is 25.9 Å². The number of nitrogens with zero attached hydrogens (tertiary/aromatic N) is 1. The molecule has 2 aromatic rings. The predicted octanol–water partition coefficient (Wildman–Crippen LogP) is 2.14. The Bertz CT molecular complexity index is 1040. The first kappa shape index (κ1) is 21.8. The lowest BCUT2D eigenvalue weighted by Crippen LogP contribution is -2.41. The smallest absolute Gasteiger partial charge is 0.310 e. The lowest BCUT2D eigenvalue weighted by Gasteiger charge is -2.30. The third kappa shape index (κ3) is 4.65. The molecule has 7 nitrogen and oxygen atoms in total. The van der Waals surface area contributed by atoms with Crippen molar-refractivity contribution in [2.24, 2.45) is 11.7 Å². The molecule has 1 amide bonds. The van der Waals surface area contributed by atoms with Crippen LogP contribution < -0.4 is 5.73 Å². The van der Waals surface area contributed by atoms with Crippen LogP contribution in [0.2, 0.25) is 0 Å². The van der Waals surface area contributed by atoms with E-state index in [9.17, 15) is 26.8 Å². The summed E-state index contributed by atoms with van der Waals surface area (Å²) in [5.74, 6) is -4.07. The second kappa shape index (κ2) is 8.88. The van der Waals surface area contributed by atoms with E-state index < -0.39 is 50.5 Å². The third-order valence-electron chi connectivity index (χ3n) is 4.89. The van der Waals surface area contributed by atoms with Crippen LogP contribution in [0.5, 0.6) is 0 Å². The molecular formula is C20H20F2N2O5S. The van der Waals surface area contributed by atoms with E-state index in [0.29, 0.717) is 11.6 Å². The Labute approximate surface area is 172 Å². The van der Waals surface area contributed by atoms with Gasteiger partial charge in [-0.2, -0.15) is 4.31 Å². The van der Waals surface area contributed by atoms with E-state index in [1.807, 2.05) is 0 Å². The number of carbonyl (C=O) groups excluding carboxylic acids is 2. The van der Waals surface area contributed by atoms with Crippen LogP contribution in [0.25, 0.3) is 0 Å². The van der Waals surface area contributed by atoms with Crippen molar-refractivity contribution in [2.45, 2.75) is 23.8 Å². The van der Waals surface area contributed by atoms with E-state index in [2.05, 4.69) is 0 Å². The van der Waals surface area contributed by atoms with Crippen LogP contribution in [0.4, 0.5) is 8.78 Å². The number of esters is 1. The molecule has 0 aliphatic carbocycles. The van der Waals surface area contributed by atoms with Gasteiger partial charge in [0.15, 0.2) is 0 Å². The summed E-state index contributed by atoms with van der Waals surface area (Å²) in [6, 6.07) is 10.5. The molecule has 10 heteroatoms. The third-order valence-corrected chi connectivity index (χ3v) is 6.81. The number of carbonyl (C=O) groups is 2. The molecule has 1 atom stereocenters. The highest BCUT2D eigenvalue weighted by atomic mass is 32.2. The zero-order valence-corrected chi connectivity index (χ0v) is 16.6. The highest BCUT2D eigenvalue weighted by Crippen LogP contribution is 2.28. The standard InChI is InChI=1S/C20H20F2N2O5S/c21-15-6-7-16(22)17(12-15)30(27,28)24-10-8-14(9-11-24)20(26)29-18(19(23)25)13-4-2-1-3-5-13/h1-7,12,14,18H,8-11H2,(H2,23,25). The van der Waals surface area contributed by atoms with Gasteiger partial charge in [-0.25, -0.2) is 17.2 Å². The number of rotatable bonds is 6. The molecule has 1 saturated heterocycles. The molecular weight excluding hydrogens is 418 g/mol. The molecule has 1 fully saturated rings. The fraction of sp³-hybridized carbons (Fsp3) is 0.300. The molecule has 30 heavy (non-hydrogen) atoms. The minimum Gasteiger partial charge on any atom is -0.447 e. The van der Waals surface area contributed by atoms with Crippen molar-refractivity contribution in [1.29, 1.82) is 0 Å². The van der Waals surface area contributed by atoms with E-state index in [0.717, 1.165) is 16.4 Å². The maximum Gasteiger partial charge on any atom is 0.310 e. The number of ether oxygens (including phenoxy) is 1. The number of halogens is 2. The molecule has 0 spiro atoms. The molecule has 0 bridgehead atoms. The van der Waals surface area contributed by atoms with Gasteiger partial charge in [0.2, 0.25) is 16.1 Å². The zero-order chi connectivity index (χ0) is 21.9. The number of nitrogens with two attached hydrogens (primary N) is 1. The van der Waals surface area contributed by atoms with Gasteiger partial charge in [0.25, 0.3) is 5.91 Å². The number of sulfonamides is 1. The molecule has 160 valence electrons. The Morgan fingerprint density at radius 3 is 2.30 bits per heavy atom. The first-order chi connectivity index (χ1) is 14.2. The average Bonchev–Trinajstić information content (AvgIpc) is 2.74. The summed E-state index contributed by atoms with van der Waals surface area (Å²) >= 11 is 0. The summed E-state index contributed by atoms with van der Waals surface area (Å²) in [6.45, 7) is -0.157. The van der Waals surface area contributed by atoms with Crippen molar-refractivity contribution in [3.63, 3.8) is 0 Å². The van der Waals surface area contributed by atoms with E-state index >= 15 is 0 Å². The van der Waals surface area contributed by atoms with Crippen LogP contribution in [-0.4, -0.2) is 37.7 Å². The summed E-state index contributed by atoms with van der Waals surface area (Å²) in [6.07, 6.45) is -1.04. The second-order valence-corrected chi connectivity index (χ2v) is 8.79. The summed E-state index contributed by atoms with van der Waals surface area (Å²) in [7, 11) is -4.25. The summed E-state index contributed by atoms with van der Waals surface area (Å²) in [5, 5.41) is 0. The van der Waals surface area contributed by atoms with Crippen LogP contribution in [0.15, 0.2) is 53.4 Å². The number of primary amides is 1. The lowest BCUT2D eigenvalue weighted by molar-refractivity contribution is -0.160. The highest BCUT2D eigenvalue weighted by molar-refractivity contribution is 7.89. The first-order valence-electron chi connectivity index (χ1n) is 9.20. The van der Waals surface area contributed by atoms with Crippen molar-refractivity contribution >= 4 is 21.9 Å². The van der Waals surface area contributed by atoms with Crippen molar-refractivity contribution in [2.75, 3.05) is 13.1 Å². The van der Waals surface area contributed by atoms with Crippen LogP contribution in [-0.2, 0) is 24.3 Å². The fourth-order valence-electron chi connectivity index (χ4n) is 3.28. The van der Waals surface area contributed by atoms with Crippen LogP contribution in [0.3, 0.4) is 0 Å². The molecule has 3 rings (SSSR count). The minimum absolute atomic E-state index is 0.0787. The number of hydrogen-bond donors (Lipinski definition) is 1. The van der Waals surface area contributed by atoms with E-state index in [1.165, 1.54) is 0 Å². The van der Waals surface area contributed by atoms with Gasteiger partial charge in [-0.1, -0.05) is 30.3 Å². The van der Waals surface area contributed by atoms with Gasteiger partial charge in [0.1, 0.15) is 16.5 Å². The zero-order valence-electron chi connectivity index (χ0n) is 15.8. The second-order valence-electron chi connectivity index (χ2n) is 6.88. The SMILES string of the molecule is NC(=O)C(OC(=O)C1CCN(S(=O)(=O)c2cc(F)ccc2F)CC1)c1ccccc1. The summed E-state index contributed by atoms with van der Waals surface area (Å²) < 4.78 is 58.9. The number of piperidine rings is 1. The Hall–Kier alpha value is -2.85. The fourth-order valence-corrected chi connectivity index (χ4v) is 4.82. The van der Waals surface area contributed by atoms with Gasteiger partial charge in [-0.15, -0.1) is 0 Å². The lowest BCUT2D eigenvalue weighted by atomic mass is 9.98. The molecule has 2 N–H and O–H groups in total. The minimum atomic E-state index is -4.25. The molecule has 2 aromatic carbocycles. The number of amides is 1. The van der Waals surface area contributed by atoms with Crippen molar-refractivity contribution < 1.29 is 31.5 Å². The molecule has 1 heterocycles. The van der Waals surface area contributed by atoms with Gasteiger partial charge >= 0.3 is 5.97 Å².